The second-order valence-electron chi connectivity index (χ2n) is 7.03. The minimum absolute atomic E-state index is 0.156. The molecule has 2 aromatic carbocycles. The molecule has 8 heteroatoms. The number of rotatable bonds is 7. The topological polar surface area (TPSA) is 66.5 Å². The number of sulfonamides is 1. The van der Waals surface area contributed by atoms with Gasteiger partial charge in [0.2, 0.25) is 15.9 Å². The van der Waals surface area contributed by atoms with Gasteiger partial charge in [-0.2, -0.15) is 4.31 Å². The second kappa shape index (κ2) is 9.98. The highest BCUT2D eigenvalue weighted by molar-refractivity contribution is 7.99. The number of thioether (sulfide) groups is 1. The molecule has 1 aliphatic rings. The van der Waals surface area contributed by atoms with E-state index in [0.717, 1.165) is 24.8 Å². The number of hydrogen-bond acceptors (Lipinski definition) is 4. The Bertz CT molecular complexity index is 946. The number of anilines is 1. The third kappa shape index (κ3) is 5.75. The number of benzene rings is 2. The average Bonchev–Trinajstić information content (AvgIpc) is 2.74. The molecule has 1 fully saturated rings. The van der Waals surface area contributed by atoms with E-state index >= 15 is 0 Å². The van der Waals surface area contributed by atoms with Gasteiger partial charge in [0.1, 0.15) is 0 Å². The zero-order valence-corrected chi connectivity index (χ0v) is 18.7. The molecule has 5 nitrogen and oxygen atoms in total. The van der Waals surface area contributed by atoms with Crippen molar-refractivity contribution in [2.75, 3.05) is 18.4 Å². The highest BCUT2D eigenvalue weighted by atomic mass is 35.5. The minimum atomic E-state index is -3.59. The standard InChI is InChI=1S/C21H25ClN2O3S2/c1-16(28-15-17-8-4-2-5-9-17)21(25)23-20-14-18(10-11-19(20)22)29(26,27)24-12-6-3-7-13-24/h2,4-5,8-11,14,16H,3,6-7,12-13,15H2,1H3,(H,23,25). The number of halogens is 1. The van der Waals surface area contributed by atoms with Gasteiger partial charge in [-0.15, -0.1) is 11.8 Å². The zero-order chi connectivity index (χ0) is 20.9. The average molecular weight is 453 g/mol. The molecule has 1 aliphatic heterocycles. The van der Waals surface area contributed by atoms with Gasteiger partial charge in [0, 0.05) is 18.8 Å². The number of hydrogen-bond donors (Lipinski definition) is 1. The summed E-state index contributed by atoms with van der Waals surface area (Å²) >= 11 is 7.74. The molecule has 1 N–H and O–H groups in total. The number of piperidine rings is 1. The van der Waals surface area contributed by atoms with Gasteiger partial charge in [-0.25, -0.2) is 8.42 Å². The Hall–Kier alpha value is -1.54. The van der Waals surface area contributed by atoms with Crippen LogP contribution in [0, 0.1) is 0 Å². The van der Waals surface area contributed by atoms with E-state index in [4.69, 9.17) is 11.6 Å². The predicted molar refractivity (Wildman–Crippen MR) is 120 cm³/mol. The number of amides is 1. The number of nitrogens with one attached hydrogen (secondary N) is 1. The third-order valence-electron chi connectivity index (χ3n) is 4.86. The molecule has 0 bridgehead atoms. The monoisotopic (exact) mass is 452 g/mol. The summed E-state index contributed by atoms with van der Waals surface area (Å²) in [7, 11) is -3.59. The molecule has 0 radical (unpaired) electrons. The number of nitrogens with zero attached hydrogens (tertiary/aromatic N) is 1. The van der Waals surface area contributed by atoms with E-state index in [9.17, 15) is 13.2 Å². The molecule has 156 valence electrons. The Morgan fingerprint density at radius 2 is 1.83 bits per heavy atom. The van der Waals surface area contributed by atoms with Gasteiger partial charge in [0.25, 0.3) is 0 Å². The first-order valence-electron chi connectivity index (χ1n) is 9.64. The predicted octanol–water partition coefficient (Wildman–Crippen LogP) is 4.78. The maximum atomic E-state index is 12.9. The fourth-order valence-corrected chi connectivity index (χ4v) is 5.67. The minimum Gasteiger partial charge on any atom is -0.324 e. The van der Waals surface area contributed by atoms with Crippen LogP contribution < -0.4 is 5.32 Å². The van der Waals surface area contributed by atoms with Crippen LogP contribution in [0.25, 0.3) is 0 Å². The lowest BCUT2D eigenvalue weighted by atomic mass is 10.2. The smallest absolute Gasteiger partial charge is 0.243 e. The summed E-state index contributed by atoms with van der Waals surface area (Å²) in [4.78, 5) is 12.8. The van der Waals surface area contributed by atoms with Crippen molar-refractivity contribution in [3.05, 3.63) is 59.1 Å². The van der Waals surface area contributed by atoms with Crippen molar-refractivity contribution in [1.29, 1.82) is 0 Å². The van der Waals surface area contributed by atoms with Crippen molar-refractivity contribution in [3.63, 3.8) is 0 Å². The van der Waals surface area contributed by atoms with Crippen LogP contribution in [-0.2, 0) is 20.6 Å². The molecule has 0 aliphatic carbocycles. The summed E-state index contributed by atoms with van der Waals surface area (Å²) in [6.45, 7) is 2.88. The van der Waals surface area contributed by atoms with Crippen molar-refractivity contribution in [2.45, 2.75) is 42.1 Å². The largest absolute Gasteiger partial charge is 0.324 e. The summed E-state index contributed by atoms with van der Waals surface area (Å²) in [5.41, 5.74) is 1.46. The van der Waals surface area contributed by atoms with Gasteiger partial charge >= 0.3 is 0 Å². The van der Waals surface area contributed by atoms with Crippen LogP contribution in [-0.4, -0.2) is 37.0 Å². The van der Waals surface area contributed by atoms with Crippen molar-refractivity contribution in [1.82, 2.24) is 4.31 Å². The van der Waals surface area contributed by atoms with E-state index in [1.54, 1.807) is 0 Å². The molecule has 1 amide bonds. The van der Waals surface area contributed by atoms with Crippen LogP contribution in [0.5, 0.6) is 0 Å². The molecule has 1 saturated heterocycles. The van der Waals surface area contributed by atoms with Gasteiger partial charge in [-0.1, -0.05) is 48.4 Å². The molecule has 1 unspecified atom stereocenters. The van der Waals surface area contributed by atoms with Crippen LogP contribution in [0.3, 0.4) is 0 Å². The number of carbonyl (C=O) groups excluding carboxylic acids is 1. The van der Waals surface area contributed by atoms with Crippen LogP contribution in [0.2, 0.25) is 5.02 Å². The van der Waals surface area contributed by atoms with Crippen LogP contribution >= 0.6 is 23.4 Å². The normalized spacial score (nSPS) is 16.3. The van der Waals surface area contributed by atoms with Crippen LogP contribution in [0.15, 0.2) is 53.4 Å². The molecule has 0 aromatic heterocycles. The van der Waals surface area contributed by atoms with Crippen molar-refractivity contribution in [2.24, 2.45) is 0 Å². The Morgan fingerprint density at radius 3 is 2.52 bits per heavy atom. The summed E-state index contributed by atoms with van der Waals surface area (Å²) in [6, 6.07) is 14.4. The summed E-state index contributed by atoms with van der Waals surface area (Å²) in [5.74, 6) is 0.507. The fraction of sp³-hybridized carbons (Fsp3) is 0.381. The van der Waals surface area contributed by atoms with Crippen LogP contribution in [0.4, 0.5) is 5.69 Å². The quantitative estimate of drug-likeness (QED) is 0.656. The lowest BCUT2D eigenvalue weighted by molar-refractivity contribution is -0.115. The van der Waals surface area contributed by atoms with E-state index in [1.807, 2.05) is 37.3 Å². The highest BCUT2D eigenvalue weighted by Crippen LogP contribution is 2.29. The molecule has 0 spiro atoms. The first kappa shape index (κ1) is 22.2. The number of carbonyl (C=O) groups is 1. The molecular formula is C21H25ClN2O3S2. The van der Waals surface area contributed by atoms with Gasteiger partial charge < -0.3 is 5.32 Å². The van der Waals surface area contributed by atoms with E-state index in [1.165, 1.54) is 34.3 Å². The van der Waals surface area contributed by atoms with E-state index in [0.29, 0.717) is 29.6 Å². The zero-order valence-electron chi connectivity index (χ0n) is 16.3. The van der Waals surface area contributed by atoms with Crippen molar-refractivity contribution < 1.29 is 13.2 Å². The van der Waals surface area contributed by atoms with Gasteiger partial charge in [0.15, 0.2) is 0 Å². The molecule has 29 heavy (non-hydrogen) atoms. The second-order valence-corrected chi connectivity index (χ2v) is 10.7. The van der Waals surface area contributed by atoms with Gasteiger partial charge in [-0.3, -0.25) is 4.79 Å². The summed E-state index contributed by atoms with van der Waals surface area (Å²) in [6.07, 6.45) is 2.78. The van der Waals surface area contributed by atoms with E-state index in [2.05, 4.69) is 5.32 Å². The van der Waals surface area contributed by atoms with Crippen LogP contribution in [0.1, 0.15) is 31.7 Å². The molecule has 1 heterocycles. The Balaban J connectivity index is 1.68. The highest BCUT2D eigenvalue weighted by Gasteiger charge is 2.27. The lowest BCUT2D eigenvalue weighted by Gasteiger charge is -2.26. The molecule has 0 saturated carbocycles. The molecule has 1 atom stereocenters. The Kier molecular flexibility index (Phi) is 7.62. The maximum Gasteiger partial charge on any atom is 0.243 e. The first-order chi connectivity index (χ1) is 13.9. The van der Waals surface area contributed by atoms with E-state index < -0.39 is 10.0 Å². The Labute approximate surface area is 181 Å². The summed E-state index contributed by atoms with van der Waals surface area (Å²) in [5, 5.41) is 2.79. The molecule has 2 aromatic rings. The SMILES string of the molecule is CC(SCc1ccccc1)C(=O)Nc1cc(S(=O)(=O)N2CCCCC2)ccc1Cl. The Morgan fingerprint density at radius 1 is 1.14 bits per heavy atom. The van der Waals surface area contributed by atoms with Crippen molar-refractivity contribution in [3.8, 4) is 0 Å². The van der Waals surface area contributed by atoms with Gasteiger partial charge in [-0.05, 0) is 43.5 Å². The summed E-state index contributed by atoms with van der Waals surface area (Å²) < 4.78 is 27.3. The first-order valence-corrected chi connectivity index (χ1v) is 12.5. The maximum absolute atomic E-state index is 12.9. The third-order valence-corrected chi connectivity index (χ3v) is 8.30. The van der Waals surface area contributed by atoms with E-state index in [-0.39, 0.29) is 16.1 Å². The van der Waals surface area contributed by atoms with Gasteiger partial charge in [0.05, 0.1) is 20.9 Å². The molecular weight excluding hydrogens is 428 g/mol. The fourth-order valence-electron chi connectivity index (χ4n) is 3.12. The molecule has 3 rings (SSSR count). The lowest BCUT2D eigenvalue weighted by Crippen LogP contribution is -2.35. The van der Waals surface area contributed by atoms with Crippen molar-refractivity contribution >= 4 is 45.0 Å².